The van der Waals surface area contributed by atoms with Crippen LogP contribution >= 0.6 is 0 Å². The fourth-order valence-electron chi connectivity index (χ4n) is 8.01. The van der Waals surface area contributed by atoms with Crippen molar-refractivity contribution in [2.24, 2.45) is 5.92 Å². The summed E-state index contributed by atoms with van der Waals surface area (Å²) in [6.45, 7) is 8.26. The molecule has 334 valence electrons. The van der Waals surface area contributed by atoms with Crippen LogP contribution in [-0.2, 0) is 23.7 Å². The zero-order valence-corrected chi connectivity index (χ0v) is 36.1. The van der Waals surface area contributed by atoms with Crippen LogP contribution in [-0.4, -0.2) is 87.5 Å². The number of hydrogen-bond donors (Lipinski definition) is 6. The second-order valence-corrected chi connectivity index (χ2v) is 16.1. The molecule has 0 bridgehead atoms. The second-order valence-electron chi connectivity index (χ2n) is 16.1. The third kappa shape index (κ3) is 16.7. The molecule has 3 aromatic carbocycles. The summed E-state index contributed by atoms with van der Waals surface area (Å²) in [5, 5.41) is 55.1. The minimum absolute atomic E-state index is 0.0289. The highest BCUT2D eigenvalue weighted by atomic mass is 16.7. The Morgan fingerprint density at radius 2 is 1.32 bits per heavy atom. The molecule has 0 saturated carbocycles. The van der Waals surface area contributed by atoms with E-state index >= 15 is 0 Å². The Kier molecular flexibility index (Phi) is 21.8. The average Bonchev–Trinajstić information content (AvgIpc) is 3.24. The van der Waals surface area contributed by atoms with Crippen LogP contribution in [0.15, 0.2) is 78.9 Å². The quantitative estimate of drug-likeness (QED) is 0.0398. The minimum Gasteiger partial charge on any atom is -0.507 e. The Balaban J connectivity index is 0.00000391. The maximum absolute atomic E-state index is 12.5. The van der Waals surface area contributed by atoms with Crippen LogP contribution < -0.4 is 5.32 Å². The lowest BCUT2D eigenvalue weighted by atomic mass is 9.93. The Morgan fingerprint density at radius 3 is 1.95 bits per heavy atom. The highest BCUT2D eigenvalue weighted by molar-refractivity contribution is 5.94. The molecule has 2 aliphatic heterocycles. The van der Waals surface area contributed by atoms with Crippen LogP contribution in [0.2, 0.25) is 0 Å². The van der Waals surface area contributed by atoms with E-state index in [-0.39, 0.29) is 61.1 Å². The van der Waals surface area contributed by atoms with Gasteiger partial charge in [0.2, 0.25) is 0 Å². The molecule has 0 aliphatic carbocycles. The maximum Gasteiger partial charge on any atom is 0.251 e. The van der Waals surface area contributed by atoms with Crippen molar-refractivity contribution < 1.29 is 54.0 Å². The van der Waals surface area contributed by atoms with E-state index in [0.717, 1.165) is 44.9 Å². The molecule has 0 aromatic heterocycles. The number of carbonyl (C=O) groups excluding carboxylic acids is 1. The third-order valence-electron chi connectivity index (χ3n) is 11.0. The second kappa shape index (κ2) is 26.7. The number of hydrogen-bond acceptors (Lipinski definition) is 11. The highest BCUT2D eigenvalue weighted by Crippen LogP contribution is 2.39. The predicted molar refractivity (Wildman–Crippen MR) is 230 cm³/mol. The van der Waals surface area contributed by atoms with Crippen molar-refractivity contribution in [3.05, 3.63) is 95.6 Å². The number of amides is 1. The molecule has 1 amide bonds. The fraction of sp³-hybridized carbons (Fsp3) is 0.604. The molecule has 3 aromatic rings. The molecule has 2 heterocycles. The number of phenols is 2. The van der Waals surface area contributed by atoms with Gasteiger partial charge in [0.05, 0.1) is 43.2 Å². The van der Waals surface area contributed by atoms with E-state index in [1.54, 1.807) is 54.6 Å². The lowest BCUT2D eigenvalue weighted by molar-refractivity contribution is -0.256. The zero-order valence-electron chi connectivity index (χ0n) is 36.1. The van der Waals surface area contributed by atoms with Crippen molar-refractivity contribution in [3.8, 4) is 11.5 Å². The van der Waals surface area contributed by atoms with E-state index in [9.17, 15) is 30.3 Å². The standard InChI is InChI=1S/C46H65NO11.C2H6/c1-31(14-10-11-25-48)26-35(55-43(52)30-47-44(53)33-15-4-3-5-16-33)18-12-17-34(49)28-38-29-37(57-46(58-38)40-22-7-9-24-42(40)51)20-13-19-36-27-32(2)54-45(56-36)39-21-6-8-23-41(39)50;1-2/h3-9,15-16,21-24,31-32,34-38,43,45-46,48-52H,10-14,17-20,25-30H2,1-2H3,(H,47,53);1-2H3. The molecule has 2 saturated heterocycles. The number of unbranched alkanes of at least 4 members (excludes halogenated alkanes) is 1. The van der Waals surface area contributed by atoms with Gasteiger partial charge in [-0.25, -0.2) is 0 Å². The van der Waals surface area contributed by atoms with Gasteiger partial charge in [-0.05, 0) is 101 Å². The van der Waals surface area contributed by atoms with Crippen LogP contribution in [0.1, 0.15) is 145 Å². The summed E-state index contributed by atoms with van der Waals surface area (Å²) in [5.41, 5.74) is 1.67. The molecule has 10 atom stereocenters. The van der Waals surface area contributed by atoms with Crippen LogP contribution in [0, 0.1) is 5.92 Å². The normalized spacial score (nSPS) is 23.7. The van der Waals surface area contributed by atoms with Crippen LogP contribution in [0.4, 0.5) is 0 Å². The molecule has 0 spiro atoms. The van der Waals surface area contributed by atoms with Gasteiger partial charge < -0.3 is 54.5 Å². The Labute approximate surface area is 357 Å². The van der Waals surface area contributed by atoms with Gasteiger partial charge in [0.25, 0.3) is 5.91 Å². The van der Waals surface area contributed by atoms with E-state index in [0.29, 0.717) is 61.1 Å². The van der Waals surface area contributed by atoms with Crippen molar-refractivity contribution in [1.29, 1.82) is 0 Å². The van der Waals surface area contributed by atoms with E-state index in [1.807, 2.05) is 45.0 Å². The molecule has 60 heavy (non-hydrogen) atoms. The van der Waals surface area contributed by atoms with Gasteiger partial charge in [0.1, 0.15) is 11.5 Å². The van der Waals surface area contributed by atoms with E-state index < -0.39 is 25.0 Å². The first-order chi connectivity index (χ1) is 29.1. The number of nitrogens with one attached hydrogen (secondary N) is 1. The summed E-state index contributed by atoms with van der Waals surface area (Å²) >= 11 is 0. The first kappa shape index (κ1) is 49.1. The van der Waals surface area contributed by atoms with Gasteiger partial charge in [-0.1, -0.05) is 88.2 Å². The van der Waals surface area contributed by atoms with Crippen molar-refractivity contribution >= 4 is 5.91 Å². The summed E-state index contributed by atoms with van der Waals surface area (Å²) < 4.78 is 31.2. The summed E-state index contributed by atoms with van der Waals surface area (Å²) in [5.74, 6) is 0.245. The minimum atomic E-state index is -1.19. The number of para-hydroxylation sites is 2. The number of carbonyl (C=O) groups is 1. The van der Waals surface area contributed by atoms with Crippen molar-refractivity contribution in [1.82, 2.24) is 5.32 Å². The number of rotatable bonds is 23. The largest absolute Gasteiger partial charge is 0.507 e. The Morgan fingerprint density at radius 1 is 0.733 bits per heavy atom. The molecule has 12 nitrogen and oxygen atoms in total. The zero-order chi connectivity index (χ0) is 43.3. The topological polar surface area (TPSA) is 176 Å². The van der Waals surface area contributed by atoms with Gasteiger partial charge in [0, 0.05) is 29.7 Å². The molecule has 2 fully saturated rings. The van der Waals surface area contributed by atoms with E-state index in [4.69, 9.17) is 23.7 Å². The SMILES string of the molecule is CC.CC(CCCCO)CC(CCCC(O)CC1CC(CCCC2CC(C)OC(c3ccccc3O)O2)OC(c2ccccc2O)O1)OC(O)CNC(=O)c1ccccc1. The molecule has 12 heteroatoms. The Hall–Kier alpha value is -3.59. The molecule has 0 radical (unpaired) electrons. The van der Waals surface area contributed by atoms with Gasteiger partial charge >= 0.3 is 0 Å². The van der Waals surface area contributed by atoms with Crippen LogP contribution in [0.5, 0.6) is 11.5 Å². The van der Waals surface area contributed by atoms with E-state index in [1.165, 1.54) is 0 Å². The van der Waals surface area contributed by atoms with Crippen LogP contribution in [0.25, 0.3) is 0 Å². The molecule has 5 rings (SSSR count). The first-order valence-electron chi connectivity index (χ1n) is 22.2. The number of aliphatic hydroxyl groups is 3. The third-order valence-corrected chi connectivity index (χ3v) is 11.0. The highest BCUT2D eigenvalue weighted by Gasteiger charge is 2.35. The van der Waals surface area contributed by atoms with Crippen molar-refractivity contribution in [2.75, 3.05) is 13.2 Å². The Bertz CT molecular complexity index is 1630. The van der Waals surface area contributed by atoms with Crippen LogP contribution in [0.3, 0.4) is 0 Å². The number of aliphatic hydroxyl groups excluding tert-OH is 3. The predicted octanol–water partition coefficient (Wildman–Crippen LogP) is 8.60. The van der Waals surface area contributed by atoms with Gasteiger partial charge in [0.15, 0.2) is 18.9 Å². The van der Waals surface area contributed by atoms with Gasteiger partial charge in [-0.2, -0.15) is 0 Å². The van der Waals surface area contributed by atoms with Gasteiger partial charge in [-0.15, -0.1) is 0 Å². The average molecular weight is 838 g/mol. The lowest BCUT2D eigenvalue weighted by Gasteiger charge is -2.38. The molecular formula is C48H71NO11. The van der Waals surface area contributed by atoms with Crippen molar-refractivity contribution in [3.63, 3.8) is 0 Å². The number of benzene rings is 3. The molecule has 10 unspecified atom stereocenters. The summed E-state index contributed by atoms with van der Waals surface area (Å²) in [6, 6.07) is 22.9. The van der Waals surface area contributed by atoms with Crippen molar-refractivity contribution in [2.45, 2.75) is 167 Å². The smallest absolute Gasteiger partial charge is 0.251 e. The lowest BCUT2D eigenvalue weighted by Crippen LogP contribution is -2.36. The fourth-order valence-corrected chi connectivity index (χ4v) is 8.01. The molecule has 2 aliphatic rings. The summed E-state index contributed by atoms with van der Waals surface area (Å²) in [7, 11) is 0. The van der Waals surface area contributed by atoms with Gasteiger partial charge in [-0.3, -0.25) is 4.79 Å². The summed E-state index contributed by atoms with van der Waals surface area (Å²) in [6.07, 6.45) is 4.98. The maximum atomic E-state index is 12.5. The monoisotopic (exact) mass is 838 g/mol. The number of ether oxygens (including phenoxy) is 5. The molecule has 6 N–H and O–H groups in total. The van der Waals surface area contributed by atoms with E-state index in [2.05, 4.69) is 12.2 Å². The first-order valence-corrected chi connectivity index (χ1v) is 22.2. The number of phenolic OH excluding ortho intramolecular Hbond substituents is 2. The summed E-state index contributed by atoms with van der Waals surface area (Å²) in [4.78, 5) is 12.5. The molecular weight excluding hydrogens is 767 g/mol. The number of aromatic hydroxyl groups is 2.